The maximum atomic E-state index is 13.1. The second-order valence-corrected chi connectivity index (χ2v) is 7.86. The van der Waals surface area contributed by atoms with Crippen LogP contribution in [-0.2, 0) is 6.54 Å². The molecular weight excluding hydrogens is 355 g/mol. The molecular formula is C23H25FN2O2. The number of hydrogen-bond donors (Lipinski definition) is 0. The Hall–Kier alpha value is -2.66. The third-order valence-electron chi connectivity index (χ3n) is 5.56. The average molecular weight is 380 g/mol. The van der Waals surface area contributed by atoms with Crippen molar-refractivity contribution in [2.24, 2.45) is 0 Å². The molecule has 3 aromatic rings. The molecule has 5 heteroatoms. The third-order valence-corrected chi connectivity index (χ3v) is 5.56. The number of benzene rings is 2. The Labute approximate surface area is 164 Å². The molecule has 0 N–H and O–H groups in total. The molecule has 1 aromatic heterocycles. The average Bonchev–Trinajstić information content (AvgIpc) is 3.09. The fourth-order valence-corrected chi connectivity index (χ4v) is 3.91. The molecule has 0 bridgehead atoms. The summed E-state index contributed by atoms with van der Waals surface area (Å²) in [5.41, 5.74) is 2.93. The van der Waals surface area contributed by atoms with E-state index in [0.717, 1.165) is 35.2 Å². The molecule has 4 nitrogen and oxygen atoms in total. The lowest BCUT2D eigenvalue weighted by atomic mass is 10.1. The van der Waals surface area contributed by atoms with Gasteiger partial charge in [-0.2, -0.15) is 0 Å². The quantitative estimate of drug-likeness (QED) is 0.666. The molecule has 2 aromatic carbocycles. The van der Waals surface area contributed by atoms with Crippen molar-refractivity contribution in [2.45, 2.75) is 39.4 Å². The second-order valence-electron chi connectivity index (χ2n) is 7.86. The normalized spacial score (nSPS) is 20.6. The first-order chi connectivity index (χ1) is 13.4. The molecule has 4 rings (SSSR count). The van der Waals surface area contributed by atoms with E-state index in [1.165, 1.54) is 12.1 Å². The van der Waals surface area contributed by atoms with E-state index in [2.05, 4.69) is 18.7 Å². The van der Waals surface area contributed by atoms with E-state index in [-0.39, 0.29) is 23.8 Å². The highest BCUT2D eigenvalue weighted by molar-refractivity contribution is 5.96. The smallest absolute Gasteiger partial charge is 0.289 e. The monoisotopic (exact) mass is 380 g/mol. The summed E-state index contributed by atoms with van der Waals surface area (Å²) < 4.78 is 19.0. The molecule has 0 unspecified atom stereocenters. The SMILES string of the molecule is Cc1ccc2cc(C(=O)N3C[C@H](C)N(Cc4ccc(F)cc4)C[C@H]3C)oc2c1. The van der Waals surface area contributed by atoms with Crippen molar-refractivity contribution in [1.82, 2.24) is 9.80 Å². The van der Waals surface area contributed by atoms with Gasteiger partial charge >= 0.3 is 0 Å². The molecule has 146 valence electrons. The fourth-order valence-electron chi connectivity index (χ4n) is 3.91. The van der Waals surface area contributed by atoms with E-state index in [9.17, 15) is 9.18 Å². The molecule has 0 radical (unpaired) electrons. The van der Waals surface area contributed by atoms with Crippen LogP contribution in [0, 0.1) is 12.7 Å². The standard InChI is InChI=1S/C23H25FN2O2/c1-15-4-7-19-11-22(28-21(19)10-15)23(27)26-13-16(2)25(12-17(26)3)14-18-5-8-20(24)9-6-18/h4-11,16-17H,12-14H2,1-3H3/t16-,17+/m0/s1. The summed E-state index contributed by atoms with van der Waals surface area (Å²) >= 11 is 0. The van der Waals surface area contributed by atoms with Crippen LogP contribution in [0.1, 0.15) is 35.5 Å². The zero-order chi connectivity index (χ0) is 19.8. The van der Waals surface area contributed by atoms with Crippen molar-refractivity contribution in [1.29, 1.82) is 0 Å². The number of aryl methyl sites for hydroxylation is 1. The van der Waals surface area contributed by atoms with E-state index in [0.29, 0.717) is 12.3 Å². The number of piperazine rings is 1. The summed E-state index contributed by atoms with van der Waals surface area (Å²) in [5, 5.41) is 0.949. The summed E-state index contributed by atoms with van der Waals surface area (Å²) in [6.45, 7) is 8.35. The molecule has 1 aliphatic heterocycles. The van der Waals surface area contributed by atoms with E-state index in [1.807, 2.05) is 48.2 Å². The summed E-state index contributed by atoms with van der Waals surface area (Å²) in [4.78, 5) is 17.3. The summed E-state index contributed by atoms with van der Waals surface area (Å²) in [5.74, 6) is 0.114. The highest BCUT2D eigenvalue weighted by atomic mass is 19.1. The number of carbonyl (C=O) groups excluding carboxylic acids is 1. The molecule has 28 heavy (non-hydrogen) atoms. The Balaban J connectivity index is 1.48. The first-order valence-electron chi connectivity index (χ1n) is 9.70. The van der Waals surface area contributed by atoms with E-state index >= 15 is 0 Å². The van der Waals surface area contributed by atoms with Gasteiger partial charge in [-0.05, 0) is 56.2 Å². The second kappa shape index (κ2) is 7.40. The Morgan fingerprint density at radius 2 is 1.82 bits per heavy atom. The van der Waals surface area contributed by atoms with Gasteiger partial charge in [-0.3, -0.25) is 9.69 Å². The van der Waals surface area contributed by atoms with Crippen molar-refractivity contribution in [3.05, 3.63) is 71.2 Å². The van der Waals surface area contributed by atoms with Crippen LogP contribution in [0.5, 0.6) is 0 Å². The topological polar surface area (TPSA) is 36.7 Å². The van der Waals surface area contributed by atoms with Crippen molar-refractivity contribution >= 4 is 16.9 Å². The van der Waals surface area contributed by atoms with Gasteiger partial charge in [0.05, 0.1) is 0 Å². The predicted octanol–water partition coefficient (Wildman–Crippen LogP) is 4.62. The van der Waals surface area contributed by atoms with Crippen molar-refractivity contribution in [2.75, 3.05) is 13.1 Å². The van der Waals surface area contributed by atoms with Crippen LogP contribution in [-0.4, -0.2) is 40.9 Å². The zero-order valence-electron chi connectivity index (χ0n) is 16.5. The zero-order valence-corrected chi connectivity index (χ0v) is 16.5. The number of furan rings is 1. The highest BCUT2D eigenvalue weighted by Gasteiger charge is 2.33. The highest BCUT2D eigenvalue weighted by Crippen LogP contribution is 2.25. The van der Waals surface area contributed by atoms with Crippen LogP contribution in [0.15, 0.2) is 52.9 Å². The number of nitrogens with zero attached hydrogens (tertiary/aromatic N) is 2. The van der Waals surface area contributed by atoms with Crippen molar-refractivity contribution in [3.63, 3.8) is 0 Å². The van der Waals surface area contributed by atoms with Gasteiger partial charge in [0.1, 0.15) is 11.4 Å². The van der Waals surface area contributed by atoms with Gasteiger partial charge in [-0.15, -0.1) is 0 Å². The molecule has 1 saturated heterocycles. The number of fused-ring (bicyclic) bond motifs is 1. The van der Waals surface area contributed by atoms with Gasteiger partial charge in [-0.1, -0.05) is 24.3 Å². The summed E-state index contributed by atoms with van der Waals surface area (Å²) in [6, 6.07) is 14.7. The Bertz CT molecular complexity index is 996. The molecule has 0 aliphatic carbocycles. The lowest BCUT2D eigenvalue weighted by Crippen LogP contribution is -2.57. The Morgan fingerprint density at radius 3 is 2.57 bits per heavy atom. The molecule has 0 saturated carbocycles. The number of hydrogen-bond acceptors (Lipinski definition) is 3. The van der Waals surface area contributed by atoms with Crippen molar-refractivity contribution in [3.8, 4) is 0 Å². The lowest BCUT2D eigenvalue weighted by Gasteiger charge is -2.43. The summed E-state index contributed by atoms with van der Waals surface area (Å²) in [7, 11) is 0. The van der Waals surface area contributed by atoms with E-state index in [1.54, 1.807) is 0 Å². The summed E-state index contributed by atoms with van der Waals surface area (Å²) in [6.07, 6.45) is 0. The first kappa shape index (κ1) is 18.7. The Kier molecular flexibility index (Phi) is 4.94. The lowest BCUT2D eigenvalue weighted by molar-refractivity contribution is 0.0269. The predicted molar refractivity (Wildman–Crippen MR) is 108 cm³/mol. The molecule has 1 aliphatic rings. The first-order valence-corrected chi connectivity index (χ1v) is 9.70. The third kappa shape index (κ3) is 3.67. The van der Waals surface area contributed by atoms with Gasteiger partial charge in [-0.25, -0.2) is 4.39 Å². The minimum atomic E-state index is -0.221. The van der Waals surface area contributed by atoms with Gasteiger partial charge in [0.2, 0.25) is 0 Å². The minimum absolute atomic E-state index is 0.0605. The van der Waals surface area contributed by atoms with Crippen LogP contribution >= 0.6 is 0 Å². The van der Waals surface area contributed by atoms with Crippen LogP contribution in [0.25, 0.3) is 11.0 Å². The number of rotatable bonds is 3. The number of halogens is 1. The van der Waals surface area contributed by atoms with Gasteiger partial charge < -0.3 is 9.32 Å². The van der Waals surface area contributed by atoms with Gasteiger partial charge in [0.15, 0.2) is 5.76 Å². The number of carbonyl (C=O) groups is 1. The molecule has 2 atom stereocenters. The van der Waals surface area contributed by atoms with Gasteiger partial charge in [0, 0.05) is 37.1 Å². The maximum absolute atomic E-state index is 13.1. The van der Waals surface area contributed by atoms with Crippen LogP contribution in [0.3, 0.4) is 0 Å². The van der Waals surface area contributed by atoms with Crippen LogP contribution in [0.2, 0.25) is 0 Å². The van der Waals surface area contributed by atoms with Crippen LogP contribution in [0.4, 0.5) is 4.39 Å². The molecule has 1 amide bonds. The molecule has 0 spiro atoms. The Morgan fingerprint density at radius 1 is 1.07 bits per heavy atom. The van der Waals surface area contributed by atoms with E-state index < -0.39 is 0 Å². The minimum Gasteiger partial charge on any atom is -0.451 e. The number of amides is 1. The molecule has 1 fully saturated rings. The molecule has 2 heterocycles. The van der Waals surface area contributed by atoms with Gasteiger partial charge in [0.25, 0.3) is 5.91 Å². The largest absolute Gasteiger partial charge is 0.451 e. The maximum Gasteiger partial charge on any atom is 0.289 e. The van der Waals surface area contributed by atoms with E-state index in [4.69, 9.17) is 4.42 Å². The fraction of sp³-hybridized carbons (Fsp3) is 0.348. The van der Waals surface area contributed by atoms with Crippen LogP contribution < -0.4 is 0 Å². The van der Waals surface area contributed by atoms with Crippen molar-refractivity contribution < 1.29 is 13.6 Å².